The summed E-state index contributed by atoms with van der Waals surface area (Å²) in [4.78, 5) is 16.6. The molecule has 2 fully saturated rings. The molecule has 0 amide bonds. The zero-order chi connectivity index (χ0) is 23.6. The number of benzene rings is 1. The van der Waals surface area contributed by atoms with Gasteiger partial charge < -0.3 is 25.3 Å². The molecule has 0 radical (unpaired) electrons. The molecular formula is C28H34N6O. The Balaban J connectivity index is 1.17. The summed E-state index contributed by atoms with van der Waals surface area (Å²) in [5.74, 6) is 3.02. The maximum absolute atomic E-state index is 6.19. The number of aromatic amines is 2. The first-order valence-electron chi connectivity index (χ1n) is 13.0. The molecule has 3 aliphatic rings. The highest BCUT2D eigenvalue weighted by Crippen LogP contribution is 2.34. The standard InChI is InChI=1S/C28H34N6O/c1-2-5-20-25(35-17-24-26(20)34-28(33-24)22-7-4-15-30-22)13-10-18-8-11-19(12-9-18)23-16-31-27(32-23)21-6-3-14-29-21/h5,8-9,11-13,16,21-22,29-30H,2-4,6-7,10,14-15,17H2,1H3,(H,31,32)(H,33,34)/b20-5?,25-13+/t21-,22-/m0/s1. The normalized spacial score (nSPS) is 24.3. The van der Waals surface area contributed by atoms with Crippen molar-refractivity contribution in [3.8, 4) is 11.3 Å². The van der Waals surface area contributed by atoms with E-state index in [9.17, 15) is 0 Å². The minimum atomic E-state index is 0.329. The summed E-state index contributed by atoms with van der Waals surface area (Å²) in [6.45, 7) is 4.84. The van der Waals surface area contributed by atoms with E-state index in [-0.39, 0.29) is 0 Å². The minimum absolute atomic E-state index is 0.329. The van der Waals surface area contributed by atoms with Crippen molar-refractivity contribution in [3.05, 3.63) is 77.0 Å². The maximum Gasteiger partial charge on any atom is 0.130 e. The average molecular weight is 471 g/mol. The Morgan fingerprint density at radius 1 is 0.971 bits per heavy atom. The molecule has 0 spiro atoms. The highest BCUT2D eigenvalue weighted by atomic mass is 16.5. The number of aromatic nitrogens is 4. The first kappa shape index (κ1) is 22.3. The van der Waals surface area contributed by atoms with E-state index in [0.717, 1.165) is 84.4 Å². The van der Waals surface area contributed by atoms with Crippen LogP contribution in [0.5, 0.6) is 0 Å². The predicted octanol–water partition coefficient (Wildman–Crippen LogP) is 5.10. The molecule has 4 N–H and O–H groups in total. The van der Waals surface area contributed by atoms with Crippen molar-refractivity contribution in [2.24, 2.45) is 0 Å². The van der Waals surface area contributed by atoms with Gasteiger partial charge in [0.25, 0.3) is 0 Å². The van der Waals surface area contributed by atoms with Crippen molar-refractivity contribution in [2.45, 2.75) is 64.1 Å². The van der Waals surface area contributed by atoms with E-state index >= 15 is 0 Å². The van der Waals surface area contributed by atoms with Crippen LogP contribution in [0.1, 0.15) is 79.7 Å². The molecule has 0 aliphatic carbocycles. The Morgan fingerprint density at radius 2 is 1.74 bits per heavy atom. The summed E-state index contributed by atoms with van der Waals surface area (Å²) in [6.07, 6.45) is 12.8. The SMILES string of the molecule is CCC=C1/C(=C\Cc2ccc(-c3cnc([C@@H]4CCCN4)[nH]3)cc2)OCc2[nH]c([C@@H]3CCCN3)nc21. The molecule has 2 aromatic heterocycles. The largest absolute Gasteiger partial charge is 0.487 e. The van der Waals surface area contributed by atoms with Gasteiger partial charge in [-0.2, -0.15) is 0 Å². The summed E-state index contributed by atoms with van der Waals surface area (Å²) in [5.41, 5.74) is 6.73. The van der Waals surface area contributed by atoms with Gasteiger partial charge in [0.05, 0.1) is 35.4 Å². The fourth-order valence-electron chi connectivity index (χ4n) is 5.36. The number of H-pyrrole nitrogens is 2. The van der Waals surface area contributed by atoms with Crippen LogP contribution in [0.2, 0.25) is 0 Å². The van der Waals surface area contributed by atoms with Crippen molar-refractivity contribution in [3.63, 3.8) is 0 Å². The highest BCUT2D eigenvalue weighted by molar-refractivity contribution is 5.77. The number of nitrogens with one attached hydrogen (secondary N) is 4. The van der Waals surface area contributed by atoms with Crippen molar-refractivity contribution < 1.29 is 4.74 Å². The Kier molecular flexibility index (Phi) is 6.27. The molecule has 7 nitrogen and oxygen atoms in total. The second-order valence-corrected chi connectivity index (χ2v) is 9.71. The van der Waals surface area contributed by atoms with Gasteiger partial charge in [0, 0.05) is 5.57 Å². The highest BCUT2D eigenvalue weighted by Gasteiger charge is 2.27. The second-order valence-electron chi connectivity index (χ2n) is 9.71. The lowest BCUT2D eigenvalue weighted by Crippen LogP contribution is -2.14. The van der Waals surface area contributed by atoms with Crippen molar-refractivity contribution in [1.29, 1.82) is 0 Å². The molecule has 0 unspecified atom stereocenters. The molecule has 2 saturated heterocycles. The summed E-state index contributed by atoms with van der Waals surface area (Å²) in [6, 6.07) is 9.41. The molecule has 0 bridgehead atoms. The van der Waals surface area contributed by atoms with Crippen molar-refractivity contribution >= 4 is 5.57 Å². The van der Waals surface area contributed by atoms with Gasteiger partial charge in [-0.25, -0.2) is 9.97 Å². The first-order valence-corrected chi connectivity index (χ1v) is 13.0. The van der Waals surface area contributed by atoms with E-state index in [1.54, 1.807) is 0 Å². The van der Waals surface area contributed by atoms with E-state index in [4.69, 9.17) is 9.72 Å². The van der Waals surface area contributed by atoms with Crippen LogP contribution in [-0.4, -0.2) is 33.0 Å². The maximum atomic E-state index is 6.19. The zero-order valence-electron chi connectivity index (χ0n) is 20.4. The van der Waals surface area contributed by atoms with Crippen LogP contribution in [-0.2, 0) is 17.8 Å². The van der Waals surface area contributed by atoms with Gasteiger partial charge in [0.1, 0.15) is 24.0 Å². The van der Waals surface area contributed by atoms with Crippen LogP contribution in [0.3, 0.4) is 0 Å². The van der Waals surface area contributed by atoms with E-state index in [1.165, 1.54) is 18.4 Å². The van der Waals surface area contributed by atoms with Crippen LogP contribution in [0, 0.1) is 0 Å². The lowest BCUT2D eigenvalue weighted by Gasteiger charge is -2.19. The van der Waals surface area contributed by atoms with E-state index in [0.29, 0.717) is 18.7 Å². The summed E-state index contributed by atoms with van der Waals surface area (Å²) in [7, 11) is 0. The fourth-order valence-corrected chi connectivity index (χ4v) is 5.36. The molecule has 1 aromatic carbocycles. The topological polar surface area (TPSA) is 90.6 Å². The lowest BCUT2D eigenvalue weighted by atomic mass is 10.0. The second kappa shape index (κ2) is 9.84. The third-order valence-corrected chi connectivity index (χ3v) is 7.26. The van der Waals surface area contributed by atoms with Gasteiger partial charge in [-0.15, -0.1) is 0 Å². The third kappa shape index (κ3) is 4.58. The molecule has 5 heterocycles. The number of hydrogen-bond donors (Lipinski definition) is 4. The van der Waals surface area contributed by atoms with Gasteiger partial charge in [0.2, 0.25) is 0 Å². The van der Waals surface area contributed by atoms with Crippen LogP contribution in [0.15, 0.2) is 48.4 Å². The molecule has 3 aliphatic heterocycles. The minimum Gasteiger partial charge on any atom is -0.487 e. The Morgan fingerprint density at radius 3 is 2.46 bits per heavy atom. The molecule has 0 saturated carbocycles. The van der Waals surface area contributed by atoms with Gasteiger partial charge in [0.15, 0.2) is 0 Å². The predicted molar refractivity (Wildman–Crippen MR) is 137 cm³/mol. The Labute approximate surface area is 206 Å². The van der Waals surface area contributed by atoms with Crippen molar-refractivity contribution in [2.75, 3.05) is 13.1 Å². The molecule has 2 atom stereocenters. The molecule has 6 rings (SSSR count). The molecular weight excluding hydrogens is 436 g/mol. The number of nitrogens with zero attached hydrogens (tertiary/aromatic N) is 2. The van der Waals surface area contributed by atoms with Crippen LogP contribution >= 0.6 is 0 Å². The number of ether oxygens (including phenoxy) is 1. The first-order chi connectivity index (χ1) is 17.3. The van der Waals surface area contributed by atoms with E-state index < -0.39 is 0 Å². The third-order valence-electron chi connectivity index (χ3n) is 7.26. The fraction of sp³-hybridized carbons (Fsp3) is 0.429. The molecule has 182 valence electrons. The number of imidazole rings is 2. The molecule has 3 aromatic rings. The van der Waals surface area contributed by atoms with Gasteiger partial charge in [-0.05, 0) is 68.8 Å². The average Bonchev–Trinajstić information content (AvgIpc) is 3.70. The lowest BCUT2D eigenvalue weighted by molar-refractivity contribution is 0.203. The molecule has 7 heteroatoms. The van der Waals surface area contributed by atoms with Gasteiger partial charge in [-0.3, -0.25) is 0 Å². The summed E-state index contributed by atoms with van der Waals surface area (Å²) in [5, 5.41) is 7.04. The van der Waals surface area contributed by atoms with Crippen molar-refractivity contribution in [1.82, 2.24) is 30.6 Å². The number of hydrogen-bond acceptors (Lipinski definition) is 5. The van der Waals surface area contributed by atoms with Crippen LogP contribution in [0.25, 0.3) is 16.8 Å². The van der Waals surface area contributed by atoms with Crippen LogP contribution < -0.4 is 10.6 Å². The van der Waals surface area contributed by atoms with Crippen LogP contribution in [0.4, 0.5) is 0 Å². The Hall–Kier alpha value is -3.16. The summed E-state index contributed by atoms with van der Waals surface area (Å²) < 4.78 is 6.19. The molecule has 35 heavy (non-hydrogen) atoms. The Bertz CT molecular complexity index is 1220. The zero-order valence-corrected chi connectivity index (χ0v) is 20.4. The smallest absolute Gasteiger partial charge is 0.130 e. The number of rotatable bonds is 6. The summed E-state index contributed by atoms with van der Waals surface area (Å²) >= 11 is 0. The van der Waals surface area contributed by atoms with E-state index in [1.807, 2.05) is 6.20 Å². The number of allylic oxidation sites excluding steroid dienone is 3. The quantitative estimate of drug-likeness (QED) is 0.402. The number of fused-ring (bicyclic) bond motifs is 1. The monoisotopic (exact) mass is 470 g/mol. The van der Waals surface area contributed by atoms with Gasteiger partial charge >= 0.3 is 0 Å². The van der Waals surface area contributed by atoms with Gasteiger partial charge in [-0.1, -0.05) is 37.3 Å². The van der Waals surface area contributed by atoms with E-state index in [2.05, 4.69) is 68.9 Å².